The molecule has 0 bridgehead atoms. The van der Waals surface area contributed by atoms with E-state index in [1.165, 1.54) is 0 Å². The van der Waals surface area contributed by atoms with E-state index in [1.54, 1.807) is 0 Å². The van der Waals surface area contributed by atoms with Gasteiger partial charge in [0.2, 0.25) is 0 Å². The highest BCUT2D eigenvalue weighted by Crippen LogP contribution is 2.23. The molecular weight excluding hydrogens is 134 g/mol. The first kappa shape index (κ1) is 12.0. The molecule has 0 amide bonds. The Kier molecular flexibility index (Phi) is 5.49. The summed E-state index contributed by atoms with van der Waals surface area (Å²) in [6.07, 6.45) is 0. The molecule has 0 rings (SSSR count). The maximum atomic E-state index is 5.46. The molecule has 2 heteroatoms. The van der Waals surface area contributed by atoms with Gasteiger partial charge in [-0.15, -0.1) is 12.4 Å². The van der Waals surface area contributed by atoms with E-state index in [2.05, 4.69) is 27.7 Å². The molecule has 0 spiro atoms. The summed E-state index contributed by atoms with van der Waals surface area (Å²) in [6.45, 7) is 9.61. The number of hydrogen-bond acceptors (Lipinski definition) is 1. The van der Waals surface area contributed by atoms with Crippen molar-refractivity contribution in [1.29, 1.82) is 0 Å². The minimum atomic E-state index is 0. The Hall–Kier alpha value is 0.250. The zero-order chi connectivity index (χ0) is 6.78. The molecular formula is C7H18ClN. The second-order valence-electron chi connectivity index (χ2n) is 3.50. The van der Waals surface area contributed by atoms with Crippen LogP contribution in [0.25, 0.3) is 0 Å². The van der Waals surface area contributed by atoms with Crippen LogP contribution in [-0.4, -0.2) is 6.54 Å². The molecule has 0 heterocycles. The molecule has 1 unspecified atom stereocenters. The fourth-order valence-corrected chi connectivity index (χ4v) is 0.354. The monoisotopic (exact) mass is 151 g/mol. The lowest BCUT2D eigenvalue weighted by molar-refractivity contribution is 0.269. The molecule has 0 aromatic carbocycles. The van der Waals surface area contributed by atoms with Gasteiger partial charge in [-0.05, 0) is 17.9 Å². The summed E-state index contributed by atoms with van der Waals surface area (Å²) in [5.41, 5.74) is 5.84. The van der Waals surface area contributed by atoms with E-state index in [0.717, 1.165) is 6.54 Å². The van der Waals surface area contributed by atoms with Gasteiger partial charge in [0, 0.05) is 0 Å². The van der Waals surface area contributed by atoms with Crippen LogP contribution in [0.15, 0.2) is 0 Å². The zero-order valence-corrected chi connectivity index (χ0v) is 7.59. The third-order valence-corrected chi connectivity index (χ3v) is 1.83. The molecule has 1 nitrogen and oxygen atoms in total. The van der Waals surface area contributed by atoms with E-state index in [9.17, 15) is 0 Å². The Morgan fingerprint density at radius 3 is 1.67 bits per heavy atom. The predicted molar refractivity (Wildman–Crippen MR) is 44.9 cm³/mol. The van der Waals surface area contributed by atoms with Crippen LogP contribution in [0.1, 0.15) is 27.7 Å². The molecule has 0 aromatic heterocycles. The second kappa shape index (κ2) is 4.13. The number of hydrogen-bond donors (Lipinski definition) is 1. The van der Waals surface area contributed by atoms with Gasteiger partial charge in [-0.25, -0.2) is 0 Å². The molecule has 0 fully saturated rings. The zero-order valence-electron chi connectivity index (χ0n) is 6.77. The molecule has 0 saturated heterocycles. The first-order valence-corrected chi connectivity index (χ1v) is 3.18. The van der Waals surface area contributed by atoms with E-state index in [4.69, 9.17) is 5.73 Å². The molecule has 0 aliphatic rings. The average Bonchev–Trinajstić information content (AvgIpc) is 1.62. The summed E-state index contributed by atoms with van der Waals surface area (Å²) < 4.78 is 0. The van der Waals surface area contributed by atoms with Crippen LogP contribution in [0.2, 0.25) is 0 Å². The standard InChI is InChI=1S/C7H17N.ClH/c1-6(5-8)7(2,3)4;/h6H,5,8H2,1-4H3;1H. The Morgan fingerprint density at radius 1 is 1.33 bits per heavy atom. The minimum Gasteiger partial charge on any atom is -0.330 e. The maximum absolute atomic E-state index is 5.46. The van der Waals surface area contributed by atoms with E-state index in [0.29, 0.717) is 11.3 Å². The molecule has 9 heavy (non-hydrogen) atoms. The van der Waals surface area contributed by atoms with Crippen molar-refractivity contribution in [2.45, 2.75) is 27.7 Å². The van der Waals surface area contributed by atoms with Gasteiger partial charge < -0.3 is 5.73 Å². The van der Waals surface area contributed by atoms with Crippen molar-refractivity contribution in [3.8, 4) is 0 Å². The smallest absolute Gasteiger partial charge is 0.00465 e. The van der Waals surface area contributed by atoms with Crippen LogP contribution in [0.5, 0.6) is 0 Å². The normalized spacial score (nSPS) is 14.3. The molecule has 58 valence electrons. The van der Waals surface area contributed by atoms with Gasteiger partial charge >= 0.3 is 0 Å². The third kappa shape index (κ3) is 4.73. The van der Waals surface area contributed by atoms with Crippen LogP contribution in [-0.2, 0) is 0 Å². The third-order valence-electron chi connectivity index (χ3n) is 1.83. The first-order chi connectivity index (χ1) is 3.48. The van der Waals surface area contributed by atoms with E-state index in [1.807, 2.05) is 0 Å². The topological polar surface area (TPSA) is 26.0 Å². The van der Waals surface area contributed by atoms with Gasteiger partial charge in [0.15, 0.2) is 0 Å². The molecule has 0 aliphatic heterocycles. The highest BCUT2D eigenvalue weighted by atomic mass is 35.5. The SMILES string of the molecule is CC(CN)C(C)(C)C.Cl. The summed E-state index contributed by atoms with van der Waals surface area (Å²) in [4.78, 5) is 0. The van der Waals surface area contributed by atoms with Crippen LogP contribution in [0.4, 0.5) is 0 Å². The lowest BCUT2D eigenvalue weighted by atomic mass is 9.82. The fourth-order valence-electron chi connectivity index (χ4n) is 0.354. The van der Waals surface area contributed by atoms with E-state index >= 15 is 0 Å². The lowest BCUT2D eigenvalue weighted by Gasteiger charge is -2.25. The van der Waals surface area contributed by atoms with Gasteiger partial charge in [0.1, 0.15) is 0 Å². The summed E-state index contributed by atoms with van der Waals surface area (Å²) in [7, 11) is 0. The van der Waals surface area contributed by atoms with Gasteiger partial charge in [-0.1, -0.05) is 27.7 Å². The average molecular weight is 152 g/mol. The van der Waals surface area contributed by atoms with Crippen molar-refractivity contribution in [3.05, 3.63) is 0 Å². The first-order valence-electron chi connectivity index (χ1n) is 3.18. The molecule has 0 radical (unpaired) electrons. The van der Waals surface area contributed by atoms with Gasteiger partial charge in [-0.3, -0.25) is 0 Å². The van der Waals surface area contributed by atoms with Crippen molar-refractivity contribution in [3.63, 3.8) is 0 Å². The number of nitrogens with two attached hydrogens (primary N) is 1. The van der Waals surface area contributed by atoms with Crippen molar-refractivity contribution >= 4 is 12.4 Å². The van der Waals surface area contributed by atoms with Crippen LogP contribution in [0.3, 0.4) is 0 Å². The van der Waals surface area contributed by atoms with Crippen LogP contribution < -0.4 is 5.73 Å². The maximum Gasteiger partial charge on any atom is -0.00465 e. The summed E-state index contributed by atoms with van der Waals surface area (Å²) in [6, 6.07) is 0. The highest BCUT2D eigenvalue weighted by molar-refractivity contribution is 5.85. The summed E-state index contributed by atoms with van der Waals surface area (Å²) >= 11 is 0. The largest absolute Gasteiger partial charge is 0.330 e. The second-order valence-corrected chi connectivity index (χ2v) is 3.50. The minimum absolute atomic E-state index is 0. The van der Waals surface area contributed by atoms with Crippen molar-refractivity contribution in [2.75, 3.05) is 6.54 Å². The van der Waals surface area contributed by atoms with Crippen molar-refractivity contribution < 1.29 is 0 Å². The molecule has 0 aromatic rings. The van der Waals surface area contributed by atoms with Gasteiger partial charge in [-0.2, -0.15) is 0 Å². The Morgan fingerprint density at radius 2 is 1.67 bits per heavy atom. The fraction of sp³-hybridized carbons (Fsp3) is 1.00. The highest BCUT2D eigenvalue weighted by Gasteiger charge is 2.17. The predicted octanol–water partition coefficient (Wildman–Crippen LogP) is 2.05. The molecule has 1 atom stereocenters. The van der Waals surface area contributed by atoms with Crippen LogP contribution >= 0.6 is 12.4 Å². The summed E-state index contributed by atoms with van der Waals surface area (Å²) in [5, 5.41) is 0. The van der Waals surface area contributed by atoms with Crippen molar-refractivity contribution in [2.24, 2.45) is 17.1 Å². The van der Waals surface area contributed by atoms with Gasteiger partial charge in [0.05, 0.1) is 0 Å². The van der Waals surface area contributed by atoms with E-state index < -0.39 is 0 Å². The Balaban J connectivity index is 0. The number of halogens is 1. The molecule has 2 N–H and O–H groups in total. The van der Waals surface area contributed by atoms with Crippen LogP contribution in [0, 0.1) is 11.3 Å². The Bertz CT molecular complexity index is 65.8. The van der Waals surface area contributed by atoms with Crippen molar-refractivity contribution in [1.82, 2.24) is 0 Å². The quantitative estimate of drug-likeness (QED) is 0.610. The molecule has 0 saturated carbocycles. The molecule has 0 aliphatic carbocycles. The number of rotatable bonds is 1. The Labute approximate surface area is 64.4 Å². The summed E-state index contributed by atoms with van der Waals surface area (Å²) in [5.74, 6) is 0.627. The van der Waals surface area contributed by atoms with E-state index in [-0.39, 0.29) is 12.4 Å². The van der Waals surface area contributed by atoms with Gasteiger partial charge in [0.25, 0.3) is 0 Å². The lowest BCUT2D eigenvalue weighted by Crippen LogP contribution is -2.24.